The van der Waals surface area contributed by atoms with Gasteiger partial charge in [0, 0.05) is 12.8 Å². The molecule has 4 unspecified atom stereocenters. The molecule has 0 aliphatic heterocycles. The van der Waals surface area contributed by atoms with E-state index < -0.39 is 0 Å². The predicted octanol–water partition coefficient (Wildman–Crippen LogP) is 5.23. The van der Waals surface area contributed by atoms with Crippen LogP contribution in [0.1, 0.15) is 85.5 Å². The van der Waals surface area contributed by atoms with E-state index in [0.29, 0.717) is 40.8 Å². The smallest absolute Gasteiger partial charge is 0.133 e. The molecule has 0 aromatic heterocycles. The maximum atomic E-state index is 12.2. The molecule has 0 amide bonds. The van der Waals surface area contributed by atoms with Crippen LogP contribution in [-0.4, -0.2) is 17.0 Å². The van der Waals surface area contributed by atoms with Crippen molar-refractivity contribution >= 4 is 5.78 Å². The zero-order valence-corrected chi connectivity index (χ0v) is 16.8. The standard InChI is InChI=1S/C23H38O2/c1-5-14-7-8-17-20-18(10-12-22(14,17)3)23(4)11-9-15(24)13-19(23)16(6-2)21(20)25/h14,16-21,25H,5-13H2,1-4H3/t14-,16-,17?,18?,19-,20?,21?,22+,23+/m0/s1. The molecule has 0 saturated heterocycles. The Labute approximate surface area is 154 Å². The second-order valence-electron chi connectivity index (χ2n) is 10.4. The second-order valence-corrected chi connectivity index (χ2v) is 10.4. The third kappa shape index (κ3) is 2.35. The highest BCUT2D eigenvalue weighted by Gasteiger charge is 2.64. The van der Waals surface area contributed by atoms with E-state index in [0.717, 1.165) is 31.6 Å². The number of carbonyl (C=O) groups excluding carboxylic acids is 1. The Bertz CT molecular complexity index is 542. The van der Waals surface area contributed by atoms with Gasteiger partial charge in [-0.25, -0.2) is 0 Å². The molecule has 4 fully saturated rings. The maximum Gasteiger partial charge on any atom is 0.133 e. The summed E-state index contributed by atoms with van der Waals surface area (Å²) < 4.78 is 0. The van der Waals surface area contributed by atoms with Crippen molar-refractivity contribution in [3.63, 3.8) is 0 Å². The number of fused-ring (bicyclic) bond motifs is 5. The fraction of sp³-hybridized carbons (Fsp3) is 0.957. The molecule has 142 valence electrons. The van der Waals surface area contributed by atoms with Crippen molar-refractivity contribution in [2.75, 3.05) is 0 Å². The van der Waals surface area contributed by atoms with Crippen LogP contribution >= 0.6 is 0 Å². The van der Waals surface area contributed by atoms with Gasteiger partial charge in [-0.1, -0.05) is 40.5 Å². The number of hydrogen-bond acceptors (Lipinski definition) is 2. The summed E-state index contributed by atoms with van der Waals surface area (Å²) in [6.45, 7) is 9.63. The van der Waals surface area contributed by atoms with Gasteiger partial charge < -0.3 is 5.11 Å². The van der Waals surface area contributed by atoms with Crippen LogP contribution < -0.4 is 0 Å². The van der Waals surface area contributed by atoms with E-state index in [9.17, 15) is 9.90 Å². The van der Waals surface area contributed by atoms with Gasteiger partial charge in [0.15, 0.2) is 0 Å². The fourth-order valence-electron chi connectivity index (χ4n) is 8.54. The average Bonchev–Trinajstić information content (AvgIpc) is 2.93. The molecule has 1 N–H and O–H groups in total. The first-order valence-corrected chi connectivity index (χ1v) is 11.1. The van der Waals surface area contributed by atoms with Crippen LogP contribution in [-0.2, 0) is 4.79 Å². The van der Waals surface area contributed by atoms with Crippen LogP contribution in [0.5, 0.6) is 0 Å². The van der Waals surface area contributed by atoms with E-state index in [1.54, 1.807) is 0 Å². The lowest BCUT2D eigenvalue weighted by Gasteiger charge is -2.64. The Morgan fingerprint density at radius 2 is 1.68 bits per heavy atom. The Hall–Kier alpha value is -0.370. The number of aliphatic hydroxyl groups is 1. The van der Waals surface area contributed by atoms with Gasteiger partial charge >= 0.3 is 0 Å². The van der Waals surface area contributed by atoms with Gasteiger partial charge in [0.05, 0.1) is 6.10 Å². The molecular formula is C23H38O2. The van der Waals surface area contributed by atoms with Crippen molar-refractivity contribution in [3.8, 4) is 0 Å². The molecule has 2 nitrogen and oxygen atoms in total. The van der Waals surface area contributed by atoms with E-state index >= 15 is 0 Å². The van der Waals surface area contributed by atoms with Crippen molar-refractivity contribution in [3.05, 3.63) is 0 Å². The lowest BCUT2D eigenvalue weighted by molar-refractivity contribution is -0.193. The molecule has 2 heteroatoms. The van der Waals surface area contributed by atoms with Crippen LogP contribution in [0.3, 0.4) is 0 Å². The zero-order chi connectivity index (χ0) is 18.0. The van der Waals surface area contributed by atoms with Crippen LogP contribution in [0.2, 0.25) is 0 Å². The molecule has 0 aromatic carbocycles. The van der Waals surface area contributed by atoms with Crippen LogP contribution in [0.25, 0.3) is 0 Å². The highest BCUT2D eigenvalue weighted by Crippen LogP contribution is 2.68. The number of ketones is 1. The number of rotatable bonds is 2. The highest BCUT2D eigenvalue weighted by atomic mass is 16.3. The fourth-order valence-corrected chi connectivity index (χ4v) is 8.54. The first kappa shape index (κ1) is 18.0. The molecule has 4 aliphatic carbocycles. The molecule has 0 aromatic rings. The highest BCUT2D eigenvalue weighted by molar-refractivity contribution is 5.79. The third-order valence-corrected chi connectivity index (χ3v) is 9.93. The number of hydrogen-bond donors (Lipinski definition) is 1. The minimum atomic E-state index is -0.181. The van der Waals surface area contributed by atoms with Gasteiger partial charge in [-0.3, -0.25) is 4.79 Å². The van der Waals surface area contributed by atoms with Gasteiger partial charge in [-0.15, -0.1) is 0 Å². The van der Waals surface area contributed by atoms with E-state index in [-0.39, 0.29) is 11.5 Å². The summed E-state index contributed by atoms with van der Waals surface area (Å²) in [7, 11) is 0. The summed E-state index contributed by atoms with van der Waals surface area (Å²) >= 11 is 0. The normalized spacial score (nSPS) is 55.4. The molecule has 4 aliphatic rings. The van der Waals surface area contributed by atoms with Crippen molar-refractivity contribution in [2.24, 2.45) is 46.3 Å². The minimum Gasteiger partial charge on any atom is -0.393 e. The predicted molar refractivity (Wildman–Crippen MR) is 101 cm³/mol. The van der Waals surface area contributed by atoms with E-state index in [2.05, 4.69) is 27.7 Å². The SMILES string of the molecule is CC[C@H]1CCC2C3C(O)[C@@H](CC)[C@@H]4CC(=O)CC[C@]4(C)C3CC[C@@]21C. The summed E-state index contributed by atoms with van der Waals surface area (Å²) in [6.07, 6.45) is 10.0. The molecule has 0 heterocycles. The van der Waals surface area contributed by atoms with Crippen molar-refractivity contribution < 1.29 is 9.90 Å². The van der Waals surface area contributed by atoms with Gasteiger partial charge in [0.1, 0.15) is 5.78 Å². The van der Waals surface area contributed by atoms with Crippen LogP contribution in [0.4, 0.5) is 0 Å². The first-order chi connectivity index (χ1) is 11.9. The number of aliphatic hydroxyl groups excluding tert-OH is 1. The van der Waals surface area contributed by atoms with Gasteiger partial charge in [-0.05, 0) is 78.4 Å². The minimum absolute atomic E-state index is 0.181. The quantitative estimate of drug-likeness (QED) is 0.743. The molecule has 4 saturated carbocycles. The summed E-state index contributed by atoms with van der Waals surface area (Å²) in [5, 5.41) is 11.5. The molecule has 0 radical (unpaired) electrons. The Morgan fingerprint density at radius 1 is 0.960 bits per heavy atom. The zero-order valence-electron chi connectivity index (χ0n) is 16.8. The number of Topliss-reactive ketones (excluding diaryl/α,β-unsaturated/α-hetero) is 1. The second kappa shape index (κ2) is 6.08. The monoisotopic (exact) mass is 346 g/mol. The molecule has 0 bridgehead atoms. The van der Waals surface area contributed by atoms with Crippen LogP contribution in [0.15, 0.2) is 0 Å². The molecule has 9 atom stereocenters. The van der Waals surface area contributed by atoms with Crippen LogP contribution in [0, 0.1) is 46.3 Å². The maximum absolute atomic E-state index is 12.2. The lowest BCUT2D eigenvalue weighted by atomic mass is 9.41. The third-order valence-electron chi connectivity index (χ3n) is 9.93. The Morgan fingerprint density at radius 3 is 2.36 bits per heavy atom. The van der Waals surface area contributed by atoms with E-state index in [1.807, 2.05) is 0 Å². The summed E-state index contributed by atoms with van der Waals surface area (Å²) in [6, 6.07) is 0. The van der Waals surface area contributed by atoms with Crippen molar-refractivity contribution in [2.45, 2.75) is 91.6 Å². The van der Waals surface area contributed by atoms with Gasteiger partial charge in [0.25, 0.3) is 0 Å². The lowest BCUT2D eigenvalue weighted by Crippen LogP contribution is -2.61. The topological polar surface area (TPSA) is 37.3 Å². The summed E-state index contributed by atoms with van der Waals surface area (Å²) in [5.74, 6) is 3.87. The first-order valence-electron chi connectivity index (χ1n) is 11.1. The van der Waals surface area contributed by atoms with Crippen molar-refractivity contribution in [1.82, 2.24) is 0 Å². The van der Waals surface area contributed by atoms with Gasteiger partial charge in [-0.2, -0.15) is 0 Å². The van der Waals surface area contributed by atoms with Crippen molar-refractivity contribution in [1.29, 1.82) is 0 Å². The Balaban J connectivity index is 1.73. The summed E-state index contributed by atoms with van der Waals surface area (Å²) in [5.41, 5.74) is 0.729. The molecule has 0 spiro atoms. The summed E-state index contributed by atoms with van der Waals surface area (Å²) in [4.78, 5) is 12.2. The molecule has 25 heavy (non-hydrogen) atoms. The molecular weight excluding hydrogens is 308 g/mol. The Kier molecular flexibility index (Phi) is 4.38. The average molecular weight is 347 g/mol. The largest absolute Gasteiger partial charge is 0.393 e. The van der Waals surface area contributed by atoms with E-state index in [1.165, 1.54) is 32.1 Å². The van der Waals surface area contributed by atoms with E-state index in [4.69, 9.17) is 0 Å². The number of carbonyl (C=O) groups is 1. The molecule has 4 rings (SSSR count). The van der Waals surface area contributed by atoms with Gasteiger partial charge in [0.2, 0.25) is 0 Å².